The molecule has 1 amide bonds. The van der Waals surface area contributed by atoms with E-state index in [1.54, 1.807) is 6.20 Å². The Labute approximate surface area is 127 Å². The van der Waals surface area contributed by atoms with Gasteiger partial charge in [-0.2, -0.15) is 0 Å². The van der Waals surface area contributed by atoms with Gasteiger partial charge >= 0.3 is 0 Å². The zero-order valence-corrected chi connectivity index (χ0v) is 12.3. The van der Waals surface area contributed by atoms with Gasteiger partial charge in [0.2, 0.25) is 11.8 Å². The number of hydrogen-bond donors (Lipinski definition) is 2. The molecule has 120 valence electrons. The van der Waals surface area contributed by atoms with Crippen molar-refractivity contribution in [1.82, 2.24) is 20.6 Å². The van der Waals surface area contributed by atoms with Gasteiger partial charge in [0, 0.05) is 37.7 Å². The van der Waals surface area contributed by atoms with Gasteiger partial charge in [0.05, 0.1) is 5.69 Å². The normalized spacial score (nSPS) is 24.0. The quantitative estimate of drug-likeness (QED) is 0.892. The van der Waals surface area contributed by atoms with Crippen LogP contribution in [0.4, 0.5) is 8.78 Å². The van der Waals surface area contributed by atoms with Crippen molar-refractivity contribution >= 4 is 5.91 Å². The minimum absolute atomic E-state index is 0.0273. The van der Waals surface area contributed by atoms with Crippen LogP contribution in [0.2, 0.25) is 0 Å². The molecule has 3 rings (SSSR count). The lowest BCUT2D eigenvalue weighted by atomic mass is 9.85. The van der Waals surface area contributed by atoms with Gasteiger partial charge in [-0.25, -0.2) is 18.7 Å². The number of aromatic nitrogens is 2. The number of rotatable bonds is 4. The summed E-state index contributed by atoms with van der Waals surface area (Å²) in [6.07, 6.45) is 4.92. The summed E-state index contributed by atoms with van der Waals surface area (Å²) < 4.78 is 26.2. The number of halogens is 2. The molecule has 2 N–H and O–H groups in total. The minimum Gasteiger partial charge on any atom is -0.354 e. The number of nitrogens with zero attached hydrogens (tertiary/aromatic N) is 2. The Bertz CT molecular complexity index is 542. The summed E-state index contributed by atoms with van der Waals surface area (Å²) in [6, 6.07) is -0.410. The highest BCUT2D eigenvalue weighted by Gasteiger charge is 2.35. The van der Waals surface area contributed by atoms with Crippen molar-refractivity contribution in [1.29, 1.82) is 0 Å². The third-order valence-electron chi connectivity index (χ3n) is 4.56. The predicted octanol–water partition coefficient (Wildman–Crippen LogP) is 1.95. The standard InChI is InChI=1S/C15H20F2N4O/c16-15(17)4-1-10(2-5-15)3-6-19-14(22)13-11-7-18-9-21-12(11)8-20-13/h7,9-10,13,20H,1-6,8H2,(H,19,22). The maximum absolute atomic E-state index is 13.1. The Morgan fingerprint density at radius 2 is 2.18 bits per heavy atom. The molecule has 0 saturated heterocycles. The molecule has 2 heterocycles. The Kier molecular flexibility index (Phi) is 4.33. The lowest BCUT2D eigenvalue weighted by Crippen LogP contribution is -2.35. The van der Waals surface area contributed by atoms with Crippen LogP contribution in [0, 0.1) is 5.92 Å². The minimum atomic E-state index is -2.49. The van der Waals surface area contributed by atoms with E-state index in [-0.39, 0.29) is 24.7 Å². The van der Waals surface area contributed by atoms with E-state index in [1.807, 2.05) is 0 Å². The van der Waals surface area contributed by atoms with Gasteiger partial charge in [-0.05, 0) is 25.2 Å². The van der Waals surface area contributed by atoms with Gasteiger partial charge in [0.15, 0.2) is 0 Å². The van der Waals surface area contributed by atoms with Gasteiger partial charge in [-0.1, -0.05) is 0 Å². The van der Waals surface area contributed by atoms with E-state index < -0.39 is 12.0 Å². The number of carbonyl (C=O) groups excluding carboxylic acids is 1. The molecule has 1 atom stereocenters. The second-order valence-corrected chi connectivity index (χ2v) is 6.12. The molecule has 0 radical (unpaired) electrons. The van der Waals surface area contributed by atoms with Gasteiger partial charge in [0.1, 0.15) is 12.4 Å². The summed E-state index contributed by atoms with van der Waals surface area (Å²) in [7, 11) is 0. The van der Waals surface area contributed by atoms with Crippen molar-refractivity contribution in [2.24, 2.45) is 5.92 Å². The number of amides is 1. The summed E-state index contributed by atoms with van der Waals surface area (Å²) >= 11 is 0. The molecule has 1 aliphatic heterocycles. The molecule has 0 bridgehead atoms. The highest BCUT2D eigenvalue weighted by Crippen LogP contribution is 2.37. The number of alkyl halides is 2. The first kappa shape index (κ1) is 15.3. The first-order valence-corrected chi connectivity index (χ1v) is 7.73. The smallest absolute Gasteiger partial charge is 0.248 e. The second kappa shape index (κ2) is 6.24. The molecular formula is C15H20F2N4O. The van der Waals surface area contributed by atoms with Gasteiger partial charge in [-0.15, -0.1) is 0 Å². The third-order valence-corrected chi connectivity index (χ3v) is 4.56. The molecule has 1 fully saturated rings. The number of carbonyl (C=O) groups is 1. The molecule has 2 aliphatic rings. The summed E-state index contributed by atoms with van der Waals surface area (Å²) in [5.74, 6) is -2.31. The Balaban J connectivity index is 1.44. The van der Waals surface area contributed by atoms with E-state index in [1.165, 1.54) is 6.33 Å². The highest BCUT2D eigenvalue weighted by molar-refractivity contribution is 5.84. The zero-order valence-electron chi connectivity index (χ0n) is 12.3. The van der Waals surface area contributed by atoms with Crippen LogP contribution >= 0.6 is 0 Å². The lowest BCUT2D eigenvalue weighted by molar-refractivity contribution is -0.123. The molecule has 5 nitrogen and oxygen atoms in total. The maximum atomic E-state index is 13.1. The average Bonchev–Trinajstić information content (AvgIpc) is 2.93. The lowest BCUT2D eigenvalue weighted by Gasteiger charge is -2.28. The monoisotopic (exact) mass is 310 g/mol. The largest absolute Gasteiger partial charge is 0.354 e. The number of nitrogens with one attached hydrogen (secondary N) is 2. The van der Waals surface area contributed by atoms with E-state index in [9.17, 15) is 13.6 Å². The summed E-state index contributed by atoms with van der Waals surface area (Å²) in [6.45, 7) is 1.09. The molecule has 0 spiro atoms. The van der Waals surface area contributed by atoms with Crippen molar-refractivity contribution in [2.45, 2.75) is 50.6 Å². The van der Waals surface area contributed by atoms with Crippen LogP contribution in [-0.4, -0.2) is 28.3 Å². The van der Waals surface area contributed by atoms with Gasteiger partial charge in [-0.3, -0.25) is 10.1 Å². The Hall–Kier alpha value is -1.63. The molecule has 22 heavy (non-hydrogen) atoms. The van der Waals surface area contributed by atoms with Crippen LogP contribution in [0.3, 0.4) is 0 Å². The van der Waals surface area contributed by atoms with E-state index in [0.29, 0.717) is 25.9 Å². The SMILES string of the molecule is O=C(NCCC1CCC(F)(F)CC1)C1NCc2ncncc21. The fraction of sp³-hybridized carbons (Fsp3) is 0.667. The van der Waals surface area contributed by atoms with Crippen LogP contribution < -0.4 is 10.6 Å². The van der Waals surface area contributed by atoms with Crippen molar-refractivity contribution in [3.63, 3.8) is 0 Å². The summed E-state index contributed by atoms with van der Waals surface area (Å²) in [4.78, 5) is 20.3. The zero-order chi connectivity index (χ0) is 15.6. The molecule has 1 aromatic rings. The van der Waals surface area contributed by atoms with Crippen LogP contribution in [0.5, 0.6) is 0 Å². The van der Waals surface area contributed by atoms with Crippen molar-refractivity contribution in [3.05, 3.63) is 23.8 Å². The first-order chi connectivity index (χ1) is 10.6. The predicted molar refractivity (Wildman–Crippen MR) is 76.1 cm³/mol. The molecule has 0 aromatic carbocycles. The molecule has 1 aromatic heterocycles. The van der Waals surface area contributed by atoms with Crippen LogP contribution in [-0.2, 0) is 11.3 Å². The van der Waals surface area contributed by atoms with Crippen LogP contribution in [0.1, 0.15) is 49.4 Å². The highest BCUT2D eigenvalue weighted by atomic mass is 19.3. The summed E-state index contributed by atoms with van der Waals surface area (Å²) in [5.41, 5.74) is 1.67. The molecular weight excluding hydrogens is 290 g/mol. The molecule has 7 heteroatoms. The third kappa shape index (κ3) is 3.40. The number of hydrogen-bond acceptors (Lipinski definition) is 4. The second-order valence-electron chi connectivity index (χ2n) is 6.12. The van der Waals surface area contributed by atoms with E-state index in [4.69, 9.17) is 0 Å². The fourth-order valence-electron chi connectivity index (χ4n) is 3.19. The maximum Gasteiger partial charge on any atom is 0.248 e. The van der Waals surface area contributed by atoms with E-state index >= 15 is 0 Å². The topological polar surface area (TPSA) is 66.9 Å². The average molecular weight is 310 g/mol. The van der Waals surface area contributed by atoms with Crippen LogP contribution in [0.25, 0.3) is 0 Å². The number of fused-ring (bicyclic) bond motifs is 1. The van der Waals surface area contributed by atoms with Crippen molar-refractivity contribution in [3.8, 4) is 0 Å². The Morgan fingerprint density at radius 1 is 1.41 bits per heavy atom. The van der Waals surface area contributed by atoms with Crippen LogP contribution in [0.15, 0.2) is 12.5 Å². The van der Waals surface area contributed by atoms with Crippen molar-refractivity contribution < 1.29 is 13.6 Å². The fourth-order valence-corrected chi connectivity index (χ4v) is 3.19. The summed E-state index contributed by atoms with van der Waals surface area (Å²) in [5, 5.41) is 6.00. The van der Waals surface area contributed by atoms with Gasteiger partial charge in [0.25, 0.3) is 0 Å². The van der Waals surface area contributed by atoms with Gasteiger partial charge < -0.3 is 5.32 Å². The van der Waals surface area contributed by atoms with Crippen molar-refractivity contribution in [2.75, 3.05) is 6.54 Å². The first-order valence-electron chi connectivity index (χ1n) is 7.73. The van der Waals surface area contributed by atoms with E-state index in [0.717, 1.165) is 17.7 Å². The van der Waals surface area contributed by atoms with E-state index in [2.05, 4.69) is 20.6 Å². The molecule has 1 saturated carbocycles. The molecule has 1 aliphatic carbocycles. The Morgan fingerprint density at radius 3 is 2.95 bits per heavy atom. The molecule has 1 unspecified atom stereocenters.